The molecule has 1 unspecified atom stereocenters. The minimum atomic E-state index is -0.250. The number of likely N-dealkylation sites (tertiary alicyclic amines) is 1. The van der Waals surface area contributed by atoms with E-state index in [1.807, 2.05) is 28.0 Å². The van der Waals surface area contributed by atoms with E-state index in [0.29, 0.717) is 32.2 Å². The standard InChI is InChI=1S/C18H26ClN3O2.CH2O2/c19-16-3-1-2-14(12-16)13-17(20)15-4-6-21(7-5-15)18(23)22-8-10-24-11-9-22;2-1-3/h1-3,12,15,17H,4-11,13,20H2;1H,(H,2,3). The van der Waals surface area contributed by atoms with Crippen molar-refractivity contribution in [2.24, 2.45) is 11.7 Å². The van der Waals surface area contributed by atoms with Gasteiger partial charge in [0.2, 0.25) is 0 Å². The number of rotatable bonds is 3. The van der Waals surface area contributed by atoms with Crippen LogP contribution in [0.4, 0.5) is 4.79 Å². The van der Waals surface area contributed by atoms with Gasteiger partial charge in [-0.25, -0.2) is 4.79 Å². The third kappa shape index (κ3) is 6.68. The predicted molar refractivity (Wildman–Crippen MR) is 104 cm³/mol. The van der Waals surface area contributed by atoms with Crippen LogP contribution in [0.15, 0.2) is 24.3 Å². The second-order valence-corrected chi connectivity index (χ2v) is 7.25. The molecule has 0 spiro atoms. The quantitative estimate of drug-likeness (QED) is 0.761. The van der Waals surface area contributed by atoms with E-state index >= 15 is 0 Å². The fraction of sp³-hybridized carbons (Fsp3) is 0.579. The number of hydrogen-bond donors (Lipinski definition) is 2. The van der Waals surface area contributed by atoms with Gasteiger partial charge < -0.3 is 25.4 Å². The van der Waals surface area contributed by atoms with Crippen LogP contribution in [0.25, 0.3) is 0 Å². The Labute approximate surface area is 165 Å². The van der Waals surface area contributed by atoms with Gasteiger partial charge in [0, 0.05) is 37.2 Å². The summed E-state index contributed by atoms with van der Waals surface area (Å²) in [4.78, 5) is 24.7. The first-order valence-electron chi connectivity index (χ1n) is 9.24. The minimum absolute atomic E-state index is 0.115. The number of carbonyl (C=O) groups excluding carboxylic acids is 1. The number of urea groups is 1. The molecule has 150 valence electrons. The zero-order chi connectivity index (χ0) is 19.6. The number of benzene rings is 1. The molecule has 3 rings (SSSR count). The molecule has 0 bridgehead atoms. The van der Waals surface area contributed by atoms with Crippen LogP contribution in [-0.2, 0) is 16.0 Å². The minimum Gasteiger partial charge on any atom is -0.483 e. The van der Waals surface area contributed by atoms with Crippen molar-refractivity contribution in [2.45, 2.75) is 25.3 Å². The number of halogens is 1. The van der Waals surface area contributed by atoms with Crippen molar-refractivity contribution in [3.8, 4) is 0 Å². The molecule has 0 radical (unpaired) electrons. The largest absolute Gasteiger partial charge is 0.483 e. The number of nitrogens with zero attached hydrogens (tertiary/aromatic N) is 2. The van der Waals surface area contributed by atoms with Crippen LogP contribution in [0, 0.1) is 5.92 Å². The molecule has 2 saturated heterocycles. The summed E-state index contributed by atoms with van der Waals surface area (Å²) < 4.78 is 5.31. The Bertz CT molecular complexity index is 602. The summed E-state index contributed by atoms with van der Waals surface area (Å²) >= 11 is 6.04. The summed E-state index contributed by atoms with van der Waals surface area (Å²) in [5.74, 6) is 0.456. The number of nitrogens with two attached hydrogens (primary N) is 1. The highest BCUT2D eigenvalue weighted by molar-refractivity contribution is 6.30. The van der Waals surface area contributed by atoms with Gasteiger partial charge in [0.1, 0.15) is 0 Å². The molecular weight excluding hydrogens is 370 g/mol. The van der Waals surface area contributed by atoms with E-state index in [-0.39, 0.29) is 18.5 Å². The van der Waals surface area contributed by atoms with E-state index in [1.54, 1.807) is 0 Å². The van der Waals surface area contributed by atoms with Crippen LogP contribution in [0.1, 0.15) is 18.4 Å². The number of piperidine rings is 1. The Hall–Kier alpha value is -1.83. The summed E-state index contributed by atoms with van der Waals surface area (Å²) in [7, 11) is 0. The fourth-order valence-electron chi connectivity index (χ4n) is 3.58. The molecule has 2 heterocycles. The maximum absolute atomic E-state index is 12.5. The van der Waals surface area contributed by atoms with Gasteiger partial charge in [-0.05, 0) is 42.9 Å². The van der Waals surface area contributed by atoms with E-state index in [4.69, 9.17) is 32.0 Å². The van der Waals surface area contributed by atoms with E-state index in [1.165, 1.54) is 5.56 Å². The molecule has 2 aliphatic heterocycles. The Morgan fingerprint density at radius 1 is 1.26 bits per heavy atom. The van der Waals surface area contributed by atoms with Crippen LogP contribution in [0.3, 0.4) is 0 Å². The Morgan fingerprint density at radius 2 is 1.85 bits per heavy atom. The third-order valence-corrected chi connectivity index (χ3v) is 5.29. The molecule has 0 saturated carbocycles. The summed E-state index contributed by atoms with van der Waals surface area (Å²) in [6, 6.07) is 8.17. The van der Waals surface area contributed by atoms with Gasteiger partial charge in [0.25, 0.3) is 6.47 Å². The van der Waals surface area contributed by atoms with E-state index < -0.39 is 0 Å². The van der Waals surface area contributed by atoms with Gasteiger partial charge in [-0.2, -0.15) is 0 Å². The van der Waals surface area contributed by atoms with Gasteiger partial charge in [-0.3, -0.25) is 4.79 Å². The molecule has 2 aliphatic rings. The van der Waals surface area contributed by atoms with Crippen LogP contribution in [0.2, 0.25) is 5.02 Å². The first-order valence-corrected chi connectivity index (χ1v) is 9.62. The van der Waals surface area contributed by atoms with Crippen LogP contribution < -0.4 is 5.73 Å². The number of amides is 2. The number of carboxylic acid groups (broad SMARTS) is 1. The van der Waals surface area contributed by atoms with Crippen molar-refractivity contribution >= 4 is 24.1 Å². The molecule has 7 nitrogen and oxygen atoms in total. The van der Waals surface area contributed by atoms with Gasteiger partial charge in [0.05, 0.1) is 13.2 Å². The summed E-state index contributed by atoms with van der Waals surface area (Å²) in [5, 5.41) is 7.64. The first kappa shape index (κ1) is 21.5. The topological polar surface area (TPSA) is 96.1 Å². The van der Waals surface area contributed by atoms with Gasteiger partial charge >= 0.3 is 6.03 Å². The van der Waals surface area contributed by atoms with Crippen molar-refractivity contribution in [1.29, 1.82) is 0 Å². The fourth-order valence-corrected chi connectivity index (χ4v) is 3.79. The maximum Gasteiger partial charge on any atom is 0.320 e. The molecule has 27 heavy (non-hydrogen) atoms. The molecule has 1 atom stereocenters. The summed E-state index contributed by atoms with van der Waals surface area (Å²) in [5.41, 5.74) is 7.60. The van der Waals surface area contributed by atoms with Crippen LogP contribution >= 0.6 is 11.6 Å². The molecule has 3 N–H and O–H groups in total. The second-order valence-electron chi connectivity index (χ2n) is 6.81. The Balaban J connectivity index is 0.000000817. The van der Waals surface area contributed by atoms with Gasteiger partial charge in [-0.1, -0.05) is 23.7 Å². The van der Waals surface area contributed by atoms with Crippen LogP contribution in [-0.4, -0.2) is 72.8 Å². The molecule has 0 aliphatic carbocycles. The highest BCUT2D eigenvalue weighted by atomic mass is 35.5. The van der Waals surface area contributed by atoms with Crippen molar-refractivity contribution in [1.82, 2.24) is 9.80 Å². The maximum atomic E-state index is 12.5. The zero-order valence-electron chi connectivity index (χ0n) is 15.4. The highest BCUT2D eigenvalue weighted by Gasteiger charge is 2.29. The highest BCUT2D eigenvalue weighted by Crippen LogP contribution is 2.23. The third-order valence-electron chi connectivity index (χ3n) is 5.06. The molecular formula is C19H28ClN3O4. The Morgan fingerprint density at radius 3 is 2.44 bits per heavy atom. The van der Waals surface area contributed by atoms with E-state index in [0.717, 1.165) is 37.4 Å². The lowest BCUT2D eigenvalue weighted by Crippen LogP contribution is -2.51. The Kier molecular flexibility index (Phi) is 8.84. The average Bonchev–Trinajstić information content (AvgIpc) is 2.69. The molecule has 0 aromatic heterocycles. The molecule has 2 fully saturated rings. The number of carbonyl (C=O) groups is 2. The molecule has 1 aromatic rings. The van der Waals surface area contributed by atoms with Crippen molar-refractivity contribution in [3.05, 3.63) is 34.9 Å². The van der Waals surface area contributed by atoms with Crippen molar-refractivity contribution < 1.29 is 19.4 Å². The van der Waals surface area contributed by atoms with Crippen molar-refractivity contribution in [3.63, 3.8) is 0 Å². The van der Waals surface area contributed by atoms with Gasteiger partial charge in [0.15, 0.2) is 0 Å². The lowest BCUT2D eigenvalue weighted by atomic mass is 9.86. The summed E-state index contributed by atoms with van der Waals surface area (Å²) in [6.07, 6.45) is 2.78. The predicted octanol–water partition coefficient (Wildman–Crippen LogP) is 2.07. The average molecular weight is 398 g/mol. The molecule has 8 heteroatoms. The molecule has 1 aromatic carbocycles. The normalized spacial score (nSPS) is 19.0. The zero-order valence-corrected chi connectivity index (χ0v) is 16.2. The van der Waals surface area contributed by atoms with Gasteiger partial charge in [-0.15, -0.1) is 0 Å². The second kappa shape index (κ2) is 11.1. The lowest BCUT2D eigenvalue weighted by Gasteiger charge is -2.38. The lowest BCUT2D eigenvalue weighted by molar-refractivity contribution is -0.122. The summed E-state index contributed by atoms with van der Waals surface area (Å²) in [6.45, 7) is 4.04. The molecule has 2 amide bonds. The number of morpholine rings is 1. The monoisotopic (exact) mass is 397 g/mol. The number of ether oxygens (including phenoxy) is 1. The number of hydrogen-bond acceptors (Lipinski definition) is 4. The smallest absolute Gasteiger partial charge is 0.320 e. The van der Waals surface area contributed by atoms with Crippen molar-refractivity contribution in [2.75, 3.05) is 39.4 Å². The SMILES string of the molecule is NC(Cc1cccc(Cl)c1)C1CCN(C(=O)N2CCOCC2)CC1.O=CO. The van der Waals surface area contributed by atoms with E-state index in [2.05, 4.69) is 6.07 Å². The van der Waals surface area contributed by atoms with E-state index in [9.17, 15) is 4.79 Å². The van der Waals surface area contributed by atoms with Crippen LogP contribution in [0.5, 0.6) is 0 Å². The first-order chi connectivity index (χ1) is 13.0.